The number of carbonyl (C=O) groups is 2. The maximum atomic E-state index is 14.0. The first kappa shape index (κ1) is 31.9. The maximum Gasteiger partial charge on any atom is 0.257 e. The van der Waals surface area contributed by atoms with Gasteiger partial charge in [0, 0.05) is 62.1 Å². The van der Waals surface area contributed by atoms with E-state index in [1.807, 2.05) is 66.1 Å². The lowest BCUT2D eigenvalue weighted by atomic mass is 9.85. The Balaban J connectivity index is 0.00000406. The number of likely N-dealkylation sites (tertiary alicyclic amines) is 1. The molecule has 3 aromatic heterocycles. The van der Waals surface area contributed by atoms with Crippen molar-refractivity contribution in [3.05, 3.63) is 78.3 Å². The summed E-state index contributed by atoms with van der Waals surface area (Å²) in [6.45, 7) is 9.31. The summed E-state index contributed by atoms with van der Waals surface area (Å²) in [5, 5.41) is 12.5. The molecule has 1 atom stereocenters. The van der Waals surface area contributed by atoms with Gasteiger partial charge in [0.15, 0.2) is 5.82 Å². The molecule has 0 radical (unpaired) electrons. The van der Waals surface area contributed by atoms with Crippen molar-refractivity contribution in [1.29, 1.82) is 0 Å². The van der Waals surface area contributed by atoms with Gasteiger partial charge in [-0.05, 0) is 94.1 Å². The zero-order chi connectivity index (χ0) is 34.4. The second kappa shape index (κ2) is 12.8. The van der Waals surface area contributed by atoms with Crippen molar-refractivity contribution in [2.24, 2.45) is 5.41 Å². The van der Waals surface area contributed by atoms with Crippen LogP contribution in [-0.2, 0) is 9.59 Å². The number of pyridine rings is 1. The number of nitrogens with one attached hydrogen (secondary N) is 1. The number of rotatable bonds is 8. The summed E-state index contributed by atoms with van der Waals surface area (Å²) >= 11 is 0. The van der Waals surface area contributed by atoms with Gasteiger partial charge < -0.3 is 19.1 Å². The van der Waals surface area contributed by atoms with Gasteiger partial charge in [-0.15, -0.1) is 0 Å². The van der Waals surface area contributed by atoms with Crippen molar-refractivity contribution in [3.8, 4) is 28.6 Å². The van der Waals surface area contributed by atoms with Crippen molar-refractivity contribution in [1.82, 2.24) is 35.1 Å². The molecule has 0 bridgehead atoms. The predicted molar refractivity (Wildman–Crippen MR) is 191 cm³/mol. The molecule has 0 unspecified atom stereocenters. The fourth-order valence-electron chi connectivity index (χ4n) is 7.45. The first-order chi connectivity index (χ1) is 24.2. The molecule has 2 saturated heterocycles. The molecule has 3 aliphatic rings. The molecule has 6 heterocycles. The number of ether oxygens (including phenoxy) is 1. The van der Waals surface area contributed by atoms with E-state index >= 15 is 0 Å². The Labute approximate surface area is 291 Å². The highest BCUT2D eigenvalue weighted by Gasteiger charge is 2.51. The minimum atomic E-state index is -0.467. The van der Waals surface area contributed by atoms with Crippen LogP contribution in [0.25, 0.3) is 39.2 Å². The normalized spacial score (nSPS) is 19.7. The predicted octanol–water partition coefficient (Wildman–Crippen LogP) is 5.76. The van der Waals surface area contributed by atoms with E-state index in [2.05, 4.69) is 48.4 Å². The summed E-state index contributed by atoms with van der Waals surface area (Å²) in [5.41, 5.74) is 6.19. The first-order valence-electron chi connectivity index (χ1n) is 17.3. The highest BCUT2D eigenvalue weighted by Crippen LogP contribution is 2.43. The van der Waals surface area contributed by atoms with Crippen LogP contribution >= 0.6 is 0 Å². The van der Waals surface area contributed by atoms with E-state index in [1.165, 1.54) is 5.57 Å². The van der Waals surface area contributed by atoms with Gasteiger partial charge in [0.1, 0.15) is 5.69 Å². The van der Waals surface area contributed by atoms with E-state index in [0.29, 0.717) is 50.3 Å². The number of aryl methyl sites for hydroxylation is 1. The van der Waals surface area contributed by atoms with Crippen molar-refractivity contribution in [2.45, 2.75) is 46.1 Å². The number of nitrogens with zero attached hydrogens (tertiary/aromatic N) is 7. The largest absolute Gasteiger partial charge is 0.475 e. The summed E-state index contributed by atoms with van der Waals surface area (Å²) in [6, 6.07) is 17.9. The van der Waals surface area contributed by atoms with Crippen LogP contribution in [0, 0.1) is 12.3 Å². The Morgan fingerprint density at radius 1 is 1.04 bits per heavy atom. The van der Waals surface area contributed by atoms with Crippen LogP contribution in [-0.4, -0.2) is 92.3 Å². The highest BCUT2D eigenvalue weighted by molar-refractivity contribution is 6.03. The summed E-state index contributed by atoms with van der Waals surface area (Å²) in [5.74, 6) is 1.94. The number of amides is 2. The molecule has 1 spiro atoms. The highest BCUT2D eigenvalue weighted by atomic mass is 16.5. The fourth-order valence-corrected chi connectivity index (χ4v) is 7.45. The average Bonchev–Trinajstić information content (AvgIpc) is 3.92. The molecular weight excluding hydrogens is 632 g/mol. The van der Waals surface area contributed by atoms with Gasteiger partial charge in [0.05, 0.1) is 23.6 Å². The lowest BCUT2D eigenvalue weighted by Crippen LogP contribution is -2.43. The van der Waals surface area contributed by atoms with Gasteiger partial charge in [-0.2, -0.15) is 10.1 Å². The van der Waals surface area contributed by atoms with E-state index in [1.54, 1.807) is 13.1 Å². The fraction of sp³-hybridized carbons (Fsp3) is 0.368. The van der Waals surface area contributed by atoms with E-state index < -0.39 is 5.41 Å². The molecule has 2 aromatic carbocycles. The average molecular weight is 675 g/mol. The van der Waals surface area contributed by atoms with Gasteiger partial charge in [-0.25, -0.2) is 4.98 Å². The number of anilines is 1. The van der Waals surface area contributed by atoms with Gasteiger partial charge in [0.2, 0.25) is 17.7 Å². The molecule has 8 rings (SSSR count). The SMILES string of the molecule is Cc1noc(-c2ccc(C3=CCN(C(=O)CN4CC[C@]5(CCN(c6ccc7[nH]nc(-c8ccc(OC(C)C)nc8)c7c6)C5=O)C4)CC3)cc2)n1.[HH]. The van der Waals surface area contributed by atoms with Crippen molar-refractivity contribution < 1.29 is 20.3 Å². The zero-order valence-corrected chi connectivity index (χ0v) is 28.6. The summed E-state index contributed by atoms with van der Waals surface area (Å²) in [6.07, 6.45) is 6.28. The van der Waals surface area contributed by atoms with E-state index in [-0.39, 0.29) is 19.3 Å². The van der Waals surface area contributed by atoms with Gasteiger partial charge >= 0.3 is 0 Å². The van der Waals surface area contributed by atoms with Crippen molar-refractivity contribution in [3.63, 3.8) is 0 Å². The van der Waals surface area contributed by atoms with Crippen molar-refractivity contribution >= 4 is 34.0 Å². The summed E-state index contributed by atoms with van der Waals surface area (Å²) in [4.78, 5) is 42.2. The molecular formula is C38H42N8O4. The Kier molecular flexibility index (Phi) is 8.18. The molecule has 2 amide bonds. The molecule has 258 valence electrons. The molecule has 12 heteroatoms. The van der Waals surface area contributed by atoms with Gasteiger partial charge in [-0.3, -0.25) is 19.6 Å². The van der Waals surface area contributed by atoms with Crippen LogP contribution in [0.2, 0.25) is 0 Å². The summed E-state index contributed by atoms with van der Waals surface area (Å²) in [7, 11) is 0. The lowest BCUT2D eigenvalue weighted by Gasteiger charge is -2.29. The number of aromatic amines is 1. The number of hydrogen-bond acceptors (Lipinski definition) is 9. The monoisotopic (exact) mass is 674 g/mol. The second-order valence-electron chi connectivity index (χ2n) is 13.8. The minimum Gasteiger partial charge on any atom is -0.475 e. The number of aromatic nitrogens is 5. The molecule has 0 saturated carbocycles. The molecule has 50 heavy (non-hydrogen) atoms. The first-order valence-corrected chi connectivity index (χ1v) is 17.3. The zero-order valence-electron chi connectivity index (χ0n) is 28.6. The number of fused-ring (bicyclic) bond motifs is 1. The lowest BCUT2D eigenvalue weighted by molar-refractivity contribution is -0.132. The Bertz CT molecular complexity index is 2090. The number of carbonyl (C=O) groups excluding carboxylic acids is 2. The van der Waals surface area contributed by atoms with E-state index in [4.69, 9.17) is 9.26 Å². The van der Waals surface area contributed by atoms with Crippen LogP contribution in [0.4, 0.5) is 5.69 Å². The third kappa shape index (κ3) is 6.04. The molecule has 5 aromatic rings. The molecule has 2 fully saturated rings. The molecule has 1 N–H and O–H groups in total. The van der Waals surface area contributed by atoms with Crippen molar-refractivity contribution in [2.75, 3.05) is 44.2 Å². The second-order valence-corrected chi connectivity index (χ2v) is 13.8. The minimum absolute atomic E-state index is 0. The number of benzene rings is 2. The van der Waals surface area contributed by atoms with Crippen LogP contribution in [0.15, 0.2) is 71.4 Å². The van der Waals surface area contributed by atoms with Crippen LogP contribution < -0.4 is 9.64 Å². The smallest absolute Gasteiger partial charge is 0.257 e. The van der Waals surface area contributed by atoms with Crippen LogP contribution in [0.5, 0.6) is 5.88 Å². The van der Waals surface area contributed by atoms with Crippen LogP contribution in [0.1, 0.15) is 45.9 Å². The van der Waals surface area contributed by atoms with Gasteiger partial charge in [-0.1, -0.05) is 23.4 Å². The van der Waals surface area contributed by atoms with E-state index in [9.17, 15) is 9.59 Å². The third-order valence-electron chi connectivity index (χ3n) is 10.1. The molecule has 12 nitrogen and oxygen atoms in total. The van der Waals surface area contributed by atoms with Crippen LogP contribution in [0.3, 0.4) is 0 Å². The standard InChI is InChI=1S/C38H40N8O4.H2/c1-24(2)49-33-11-8-29(21-39-33)35-31-20-30(9-10-32(31)41-42-35)46-19-15-38(37(46)48)14-18-44(23-38)22-34(47)45-16-12-27(13-17-45)26-4-6-28(7-5-26)36-40-25(3)43-50-36;/h4-12,20-21,24H,13-19,22-23H2,1-3H3,(H,41,42);1H/t38-;/m0./s1. The third-order valence-corrected chi connectivity index (χ3v) is 10.1. The van der Waals surface area contributed by atoms with E-state index in [0.717, 1.165) is 64.8 Å². The number of H-pyrrole nitrogens is 1. The molecule has 0 aliphatic carbocycles. The maximum absolute atomic E-state index is 14.0. The number of hydrogen-bond donors (Lipinski definition) is 1. The topological polar surface area (TPSA) is 134 Å². The Morgan fingerprint density at radius 2 is 1.84 bits per heavy atom. The quantitative estimate of drug-likeness (QED) is 0.218. The molecule has 3 aliphatic heterocycles. The van der Waals surface area contributed by atoms with Gasteiger partial charge in [0.25, 0.3) is 5.89 Å². The Hall–Kier alpha value is -5.36. The Morgan fingerprint density at radius 3 is 2.56 bits per heavy atom. The summed E-state index contributed by atoms with van der Waals surface area (Å²) < 4.78 is 11.0.